The molecule has 0 saturated carbocycles. The molecule has 0 aliphatic carbocycles. The molecule has 0 aliphatic heterocycles. The number of hydrogen-bond donors (Lipinski definition) is 2. The lowest BCUT2D eigenvalue weighted by molar-refractivity contribution is 0.102. The zero-order valence-corrected chi connectivity index (χ0v) is 18.8. The van der Waals surface area contributed by atoms with Gasteiger partial charge in [0.1, 0.15) is 23.7 Å². The highest BCUT2D eigenvalue weighted by Gasteiger charge is 2.16. The summed E-state index contributed by atoms with van der Waals surface area (Å²) in [6.45, 7) is 5.28. The number of aliphatic hydroxyl groups excluding tert-OH is 1. The summed E-state index contributed by atoms with van der Waals surface area (Å²) in [4.78, 5) is 24.3. The molecule has 0 saturated heterocycles. The van der Waals surface area contributed by atoms with Gasteiger partial charge in [0.15, 0.2) is 17.4 Å². The third-order valence-corrected chi connectivity index (χ3v) is 4.64. The van der Waals surface area contributed by atoms with E-state index in [4.69, 9.17) is 14.7 Å². The summed E-state index contributed by atoms with van der Waals surface area (Å²) in [6.07, 6.45) is 1.17. The molecular weight excluding hydrogens is 443 g/mol. The van der Waals surface area contributed by atoms with Crippen LogP contribution in [0.4, 0.5) is 10.2 Å². The van der Waals surface area contributed by atoms with E-state index in [1.165, 1.54) is 36.4 Å². The number of ether oxygens (including phenoxy) is 2. The third kappa shape index (κ3) is 5.96. The quantitative estimate of drug-likeness (QED) is 0.359. The van der Waals surface area contributed by atoms with Crippen molar-refractivity contribution in [2.45, 2.75) is 32.9 Å². The summed E-state index contributed by atoms with van der Waals surface area (Å²) in [5.74, 6) is -1.81. The molecule has 0 radical (unpaired) electrons. The maximum atomic E-state index is 14.5. The van der Waals surface area contributed by atoms with Crippen molar-refractivity contribution in [3.05, 3.63) is 65.6 Å². The molecule has 0 unspecified atom stereocenters. The lowest BCUT2D eigenvalue weighted by Gasteiger charge is -2.15. The standard InChI is InChI=1S/C24H23FN4O5/c1-14(2)29-7-6-23(28-29)27-24(32)17-8-18(33-15(3)13-30)11-19(9-17)34-22-5-4-16(10-20(22)25)21(31)12-26/h4-11,14-15,30H,13H2,1-3H3,(H,27,28,32)/t15-/m0/s1. The van der Waals surface area contributed by atoms with Gasteiger partial charge in [-0.05, 0) is 51.1 Å². The van der Waals surface area contributed by atoms with Crippen molar-refractivity contribution < 1.29 is 28.6 Å². The van der Waals surface area contributed by atoms with Crippen molar-refractivity contribution in [2.24, 2.45) is 0 Å². The number of halogens is 1. The number of nitriles is 1. The van der Waals surface area contributed by atoms with E-state index in [2.05, 4.69) is 10.4 Å². The summed E-state index contributed by atoms with van der Waals surface area (Å²) in [5.41, 5.74) is 0.0375. The Morgan fingerprint density at radius 1 is 1.15 bits per heavy atom. The first-order valence-electron chi connectivity index (χ1n) is 10.4. The molecule has 1 aromatic heterocycles. The summed E-state index contributed by atoms with van der Waals surface area (Å²) in [7, 11) is 0. The molecule has 176 valence electrons. The molecule has 1 atom stereocenters. The van der Waals surface area contributed by atoms with Crippen molar-refractivity contribution in [1.29, 1.82) is 5.26 Å². The van der Waals surface area contributed by atoms with E-state index >= 15 is 0 Å². The predicted molar refractivity (Wildman–Crippen MR) is 121 cm³/mol. The minimum Gasteiger partial charge on any atom is -0.488 e. The molecule has 3 aromatic rings. The van der Waals surface area contributed by atoms with E-state index in [1.807, 2.05) is 13.8 Å². The monoisotopic (exact) mass is 466 g/mol. The second-order valence-electron chi connectivity index (χ2n) is 7.72. The maximum absolute atomic E-state index is 14.5. The van der Waals surface area contributed by atoms with E-state index in [9.17, 15) is 19.1 Å². The van der Waals surface area contributed by atoms with Gasteiger partial charge in [0.05, 0.1) is 6.61 Å². The fraction of sp³-hybridized carbons (Fsp3) is 0.250. The molecule has 0 fully saturated rings. The van der Waals surface area contributed by atoms with Crippen LogP contribution in [0, 0.1) is 17.1 Å². The Kier molecular flexibility index (Phi) is 7.60. The first-order valence-corrected chi connectivity index (χ1v) is 10.4. The molecule has 0 spiro atoms. The summed E-state index contributed by atoms with van der Waals surface area (Å²) >= 11 is 0. The number of nitrogens with one attached hydrogen (secondary N) is 1. The normalized spacial score (nSPS) is 11.6. The molecule has 10 heteroatoms. The van der Waals surface area contributed by atoms with Crippen molar-refractivity contribution in [1.82, 2.24) is 9.78 Å². The SMILES string of the molecule is CC(C)n1ccc(NC(=O)c2cc(Oc3ccc(C(=O)C#N)cc3F)cc(O[C@@H](C)CO)c2)n1. The van der Waals surface area contributed by atoms with E-state index < -0.39 is 23.6 Å². The van der Waals surface area contributed by atoms with Crippen LogP contribution >= 0.6 is 0 Å². The first-order chi connectivity index (χ1) is 16.2. The van der Waals surface area contributed by atoms with Gasteiger partial charge in [-0.15, -0.1) is 0 Å². The molecule has 9 nitrogen and oxygen atoms in total. The zero-order chi connectivity index (χ0) is 24.8. The van der Waals surface area contributed by atoms with Gasteiger partial charge in [-0.3, -0.25) is 14.3 Å². The van der Waals surface area contributed by atoms with Gasteiger partial charge in [-0.2, -0.15) is 10.4 Å². The van der Waals surface area contributed by atoms with Crippen LogP contribution in [0.1, 0.15) is 47.5 Å². The largest absolute Gasteiger partial charge is 0.488 e. The molecule has 0 bridgehead atoms. The van der Waals surface area contributed by atoms with Gasteiger partial charge < -0.3 is 19.9 Å². The fourth-order valence-electron chi connectivity index (χ4n) is 2.90. The van der Waals surface area contributed by atoms with Gasteiger partial charge >= 0.3 is 0 Å². The van der Waals surface area contributed by atoms with Crippen molar-refractivity contribution in [2.75, 3.05) is 11.9 Å². The Morgan fingerprint density at radius 3 is 2.50 bits per heavy atom. The van der Waals surface area contributed by atoms with Crippen LogP contribution in [0.15, 0.2) is 48.7 Å². The Labute approximate surface area is 195 Å². The van der Waals surface area contributed by atoms with Crippen molar-refractivity contribution in [3.8, 4) is 23.3 Å². The van der Waals surface area contributed by atoms with E-state index in [0.29, 0.717) is 5.82 Å². The minimum atomic E-state index is -0.877. The highest BCUT2D eigenvalue weighted by atomic mass is 19.1. The van der Waals surface area contributed by atoms with Crippen LogP contribution in [-0.4, -0.2) is 39.3 Å². The molecule has 1 amide bonds. The third-order valence-electron chi connectivity index (χ3n) is 4.64. The van der Waals surface area contributed by atoms with Crippen LogP contribution in [-0.2, 0) is 0 Å². The van der Waals surface area contributed by atoms with Crippen molar-refractivity contribution >= 4 is 17.5 Å². The summed E-state index contributed by atoms with van der Waals surface area (Å²) in [6, 6.07) is 10.8. The Morgan fingerprint density at radius 2 is 1.88 bits per heavy atom. The minimum absolute atomic E-state index is 0.0822. The Hall–Kier alpha value is -4.23. The van der Waals surface area contributed by atoms with Gasteiger partial charge in [0, 0.05) is 35.5 Å². The van der Waals surface area contributed by atoms with E-state index in [1.54, 1.807) is 23.9 Å². The smallest absolute Gasteiger partial charge is 0.262 e. The number of carbonyl (C=O) groups is 2. The molecule has 2 aromatic carbocycles. The van der Waals surface area contributed by atoms with E-state index in [-0.39, 0.29) is 41.0 Å². The predicted octanol–water partition coefficient (Wildman–Crippen LogP) is 4.11. The summed E-state index contributed by atoms with van der Waals surface area (Å²) < 4.78 is 27.4. The number of aliphatic hydroxyl groups is 1. The number of Topliss-reactive ketones (excluding diaryl/α,β-unsaturated/α-hetero) is 1. The number of carbonyl (C=O) groups excluding carboxylic acids is 2. The second kappa shape index (κ2) is 10.6. The Balaban J connectivity index is 1.90. The fourth-order valence-corrected chi connectivity index (χ4v) is 2.90. The van der Waals surface area contributed by atoms with Crippen LogP contribution in [0.25, 0.3) is 0 Å². The molecule has 0 aliphatic rings. The molecular formula is C24H23FN4O5. The van der Waals surface area contributed by atoms with Gasteiger partial charge in [-0.25, -0.2) is 4.39 Å². The zero-order valence-electron chi connectivity index (χ0n) is 18.8. The van der Waals surface area contributed by atoms with Crippen LogP contribution in [0.5, 0.6) is 17.2 Å². The molecule has 34 heavy (non-hydrogen) atoms. The van der Waals surface area contributed by atoms with Gasteiger partial charge in [0.2, 0.25) is 0 Å². The van der Waals surface area contributed by atoms with Gasteiger partial charge in [-0.1, -0.05) is 0 Å². The van der Waals surface area contributed by atoms with Gasteiger partial charge in [0.25, 0.3) is 11.7 Å². The molecule has 2 N–H and O–H groups in total. The first kappa shape index (κ1) is 24.4. The van der Waals surface area contributed by atoms with E-state index in [0.717, 1.165) is 6.07 Å². The number of nitrogens with zero attached hydrogens (tertiary/aromatic N) is 3. The maximum Gasteiger partial charge on any atom is 0.262 e. The highest BCUT2D eigenvalue weighted by Crippen LogP contribution is 2.30. The number of aromatic nitrogens is 2. The van der Waals surface area contributed by atoms with Crippen LogP contribution in [0.2, 0.25) is 0 Å². The molecule has 1 heterocycles. The number of ketones is 1. The number of amides is 1. The van der Waals surface area contributed by atoms with Crippen LogP contribution < -0.4 is 14.8 Å². The topological polar surface area (TPSA) is 126 Å². The van der Waals surface area contributed by atoms with Crippen LogP contribution in [0.3, 0.4) is 0 Å². The van der Waals surface area contributed by atoms with Crippen molar-refractivity contribution in [3.63, 3.8) is 0 Å². The number of anilines is 1. The average molecular weight is 466 g/mol. The molecule has 3 rings (SSSR count). The Bertz CT molecular complexity index is 1250. The number of benzene rings is 2. The second-order valence-corrected chi connectivity index (χ2v) is 7.72. The summed E-state index contributed by atoms with van der Waals surface area (Å²) in [5, 5.41) is 25.0. The average Bonchev–Trinajstić information content (AvgIpc) is 3.28. The number of hydrogen-bond acceptors (Lipinski definition) is 7. The highest BCUT2D eigenvalue weighted by molar-refractivity contribution is 6.07. The number of rotatable bonds is 9. The lowest BCUT2D eigenvalue weighted by Crippen LogP contribution is -2.17. The lowest BCUT2D eigenvalue weighted by atomic mass is 10.1.